The van der Waals surface area contributed by atoms with Crippen molar-refractivity contribution in [2.45, 2.75) is 6.54 Å². The predicted molar refractivity (Wildman–Crippen MR) is 101 cm³/mol. The lowest BCUT2D eigenvalue weighted by atomic mass is 10.1. The second kappa shape index (κ2) is 7.24. The van der Waals surface area contributed by atoms with Crippen LogP contribution < -0.4 is 11.2 Å². The van der Waals surface area contributed by atoms with E-state index in [0.29, 0.717) is 22.3 Å². The summed E-state index contributed by atoms with van der Waals surface area (Å²) in [5.74, 6) is -0.243. The summed E-state index contributed by atoms with van der Waals surface area (Å²) >= 11 is 5.87. The number of H-pyrrole nitrogens is 1. The molecule has 0 radical (unpaired) electrons. The van der Waals surface area contributed by atoms with Gasteiger partial charge in [-0.1, -0.05) is 41.0 Å². The number of hydrogen-bond acceptors (Lipinski definition) is 5. The minimum absolute atomic E-state index is 0.106. The van der Waals surface area contributed by atoms with Crippen molar-refractivity contribution in [2.24, 2.45) is 0 Å². The average molecular weight is 399 g/mol. The summed E-state index contributed by atoms with van der Waals surface area (Å²) in [5.41, 5.74) is 0.483. The van der Waals surface area contributed by atoms with Gasteiger partial charge in [-0.15, -0.1) is 0 Å². The van der Waals surface area contributed by atoms with E-state index in [-0.39, 0.29) is 6.54 Å². The number of aromatic nitrogens is 4. The lowest BCUT2D eigenvalue weighted by molar-refractivity contribution is 0.432. The number of benzene rings is 2. The molecule has 0 unspecified atom stereocenters. The van der Waals surface area contributed by atoms with E-state index in [2.05, 4.69) is 10.1 Å². The molecule has 28 heavy (non-hydrogen) atoms. The van der Waals surface area contributed by atoms with E-state index < -0.39 is 17.1 Å². The molecule has 0 saturated carbocycles. The zero-order chi connectivity index (χ0) is 19.7. The Labute approximate surface area is 162 Å². The highest BCUT2D eigenvalue weighted by Gasteiger charge is 2.11. The van der Waals surface area contributed by atoms with Crippen molar-refractivity contribution in [1.82, 2.24) is 19.7 Å². The van der Waals surface area contributed by atoms with Crippen molar-refractivity contribution < 1.29 is 8.91 Å². The minimum Gasteiger partial charge on any atom is -0.334 e. The maximum absolute atomic E-state index is 13.4. The Bertz CT molecular complexity index is 1240. The summed E-state index contributed by atoms with van der Waals surface area (Å²) in [6, 6.07) is 14.1. The van der Waals surface area contributed by atoms with Gasteiger partial charge >= 0.3 is 5.69 Å². The SMILES string of the molecule is O=c1[nH]c(=O)n(Cc2ccc(-c3noc(-c4ccc(Cl)cc4)n3)cc2)cc1F. The Morgan fingerprint density at radius 1 is 1.04 bits per heavy atom. The van der Waals surface area contributed by atoms with Gasteiger partial charge in [0.15, 0.2) is 0 Å². The second-order valence-corrected chi connectivity index (χ2v) is 6.43. The zero-order valence-electron chi connectivity index (χ0n) is 14.2. The van der Waals surface area contributed by atoms with Crippen LogP contribution in [0.15, 0.2) is 68.8 Å². The van der Waals surface area contributed by atoms with Crippen molar-refractivity contribution in [3.63, 3.8) is 0 Å². The standard InChI is InChI=1S/C19H12ClFN4O3/c20-14-7-5-13(6-8-14)18-22-16(24-28-18)12-3-1-11(2-4-12)9-25-10-15(21)17(26)23-19(25)27/h1-8,10H,9H2,(H,23,26,27). The van der Waals surface area contributed by atoms with Gasteiger partial charge in [0.1, 0.15) is 0 Å². The van der Waals surface area contributed by atoms with Gasteiger partial charge in [0, 0.05) is 16.1 Å². The molecular weight excluding hydrogens is 387 g/mol. The van der Waals surface area contributed by atoms with Gasteiger partial charge in [-0.25, -0.2) is 4.79 Å². The molecule has 0 atom stereocenters. The van der Waals surface area contributed by atoms with E-state index in [9.17, 15) is 14.0 Å². The molecule has 2 heterocycles. The fourth-order valence-electron chi connectivity index (χ4n) is 2.61. The minimum atomic E-state index is -1.04. The van der Waals surface area contributed by atoms with Crippen LogP contribution in [0.5, 0.6) is 0 Å². The summed E-state index contributed by atoms with van der Waals surface area (Å²) in [5, 5.41) is 4.58. The summed E-state index contributed by atoms with van der Waals surface area (Å²) in [6.45, 7) is 0.106. The molecule has 9 heteroatoms. The van der Waals surface area contributed by atoms with E-state index in [1.54, 1.807) is 48.5 Å². The first kappa shape index (κ1) is 17.9. The Hall–Kier alpha value is -3.52. The number of halogens is 2. The van der Waals surface area contributed by atoms with Crippen molar-refractivity contribution in [3.05, 3.63) is 92.0 Å². The first-order valence-corrected chi connectivity index (χ1v) is 8.55. The van der Waals surface area contributed by atoms with Gasteiger partial charge in [0.2, 0.25) is 11.6 Å². The first-order valence-electron chi connectivity index (χ1n) is 8.18. The molecule has 0 aliphatic carbocycles. The highest BCUT2D eigenvalue weighted by molar-refractivity contribution is 6.30. The molecule has 0 amide bonds. The molecule has 2 aromatic heterocycles. The topological polar surface area (TPSA) is 93.8 Å². The van der Waals surface area contributed by atoms with E-state index in [1.807, 2.05) is 4.98 Å². The second-order valence-electron chi connectivity index (χ2n) is 5.99. The number of nitrogens with zero attached hydrogens (tertiary/aromatic N) is 3. The summed E-state index contributed by atoms with van der Waals surface area (Å²) in [4.78, 5) is 29.1. The van der Waals surface area contributed by atoms with Gasteiger partial charge in [-0.2, -0.15) is 9.37 Å². The number of hydrogen-bond donors (Lipinski definition) is 1. The van der Waals surface area contributed by atoms with Gasteiger partial charge in [0.25, 0.3) is 11.4 Å². The van der Waals surface area contributed by atoms with Crippen LogP contribution in [0.2, 0.25) is 5.02 Å². The monoisotopic (exact) mass is 398 g/mol. The van der Waals surface area contributed by atoms with Crippen molar-refractivity contribution in [2.75, 3.05) is 0 Å². The molecule has 2 aromatic carbocycles. The fourth-order valence-corrected chi connectivity index (χ4v) is 2.73. The Morgan fingerprint density at radius 3 is 2.43 bits per heavy atom. The quantitative estimate of drug-likeness (QED) is 0.570. The Morgan fingerprint density at radius 2 is 1.71 bits per heavy atom. The third kappa shape index (κ3) is 3.63. The molecule has 4 aromatic rings. The Balaban J connectivity index is 1.55. The van der Waals surface area contributed by atoms with Crippen molar-refractivity contribution in [3.8, 4) is 22.8 Å². The van der Waals surface area contributed by atoms with Crippen LogP contribution in [0.25, 0.3) is 22.8 Å². The third-order valence-electron chi connectivity index (χ3n) is 4.05. The van der Waals surface area contributed by atoms with Crippen LogP contribution >= 0.6 is 11.6 Å². The van der Waals surface area contributed by atoms with Crippen LogP contribution in [0.1, 0.15) is 5.56 Å². The highest BCUT2D eigenvalue weighted by atomic mass is 35.5. The van der Waals surface area contributed by atoms with Crippen LogP contribution in [-0.2, 0) is 6.54 Å². The highest BCUT2D eigenvalue weighted by Crippen LogP contribution is 2.23. The number of nitrogens with one attached hydrogen (secondary N) is 1. The third-order valence-corrected chi connectivity index (χ3v) is 4.30. The van der Waals surface area contributed by atoms with Crippen LogP contribution in [0.4, 0.5) is 4.39 Å². The summed E-state index contributed by atoms with van der Waals surface area (Å²) in [7, 11) is 0. The van der Waals surface area contributed by atoms with Crippen molar-refractivity contribution >= 4 is 11.6 Å². The average Bonchev–Trinajstić information content (AvgIpc) is 3.17. The van der Waals surface area contributed by atoms with E-state index in [0.717, 1.165) is 21.9 Å². The molecule has 0 bridgehead atoms. The molecular formula is C19H12ClFN4O3. The van der Waals surface area contributed by atoms with Crippen LogP contribution in [0, 0.1) is 5.82 Å². The van der Waals surface area contributed by atoms with Gasteiger partial charge in [-0.3, -0.25) is 14.3 Å². The van der Waals surface area contributed by atoms with Gasteiger partial charge < -0.3 is 4.52 Å². The molecule has 0 fully saturated rings. The lowest BCUT2D eigenvalue weighted by Crippen LogP contribution is -2.31. The number of aromatic amines is 1. The maximum Gasteiger partial charge on any atom is 0.328 e. The molecule has 140 valence electrons. The lowest BCUT2D eigenvalue weighted by Gasteiger charge is -2.05. The van der Waals surface area contributed by atoms with Crippen LogP contribution in [-0.4, -0.2) is 19.7 Å². The molecule has 0 spiro atoms. The smallest absolute Gasteiger partial charge is 0.328 e. The summed E-state index contributed by atoms with van der Waals surface area (Å²) < 4.78 is 19.7. The number of rotatable bonds is 4. The molecule has 7 nitrogen and oxygen atoms in total. The van der Waals surface area contributed by atoms with E-state index >= 15 is 0 Å². The maximum atomic E-state index is 13.4. The van der Waals surface area contributed by atoms with Crippen LogP contribution in [0.3, 0.4) is 0 Å². The molecule has 0 aliphatic heterocycles. The van der Waals surface area contributed by atoms with Gasteiger partial charge in [0.05, 0.1) is 12.7 Å². The normalized spacial score (nSPS) is 10.9. The zero-order valence-corrected chi connectivity index (χ0v) is 15.0. The largest absolute Gasteiger partial charge is 0.334 e. The van der Waals surface area contributed by atoms with E-state index in [1.165, 1.54) is 0 Å². The first-order chi connectivity index (χ1) is 13.5. The predicted octanol–water partition coefficient (Wildman–Crippen LogP) is 3.09. The van der Waals surface area contributed by atoms with Crippen molar-refractivity contribution in [1.29, 1.82) is 0 Å². The fraction of sp³-hybridized carbons (Fsp3) is 0.0526. The molecule has 1 N–H and O–H groups in total. The van der Waals surface area contributed by atoms with E-state index in [4.69, 9.17) is 16.1 Å². The molecule has 4 rings (SSSR count). The molecule has 0 saturated heterocycles. The Kier molecular flexibility index (Phi) is 4.62. The summed E-state index contributed by atoms with van der Waals surface area (Å²) in [6.07, 6.45) is 0.882. The molecule has 0 aliphatic rings. The van der Waals surface area contributed by atoms with Gasteiger partial charge in [-0.05, 0) is 29.8 Å².